The molecule has 2 aliphatic rings. The molecule has 4 nitrogen and oxygen atoms in total. The molecule has 125 heavy (non-hydrogen) atoms. The van der Waals surface area contributed by atoms with E-state index in [-0.39, 0.29) is 21.8 Å². The minimum atomic E-state index is -0.276. The van der Waals surface area contributed by atoms with Crippen molar-refractivity contribution in [1.29, 1.82) is 0 Å². The van der Waals surface area contributed by atoms with Gasteiger partial charge < -0.3 is 18.9 Å². The van der Waals surface area contributed by atoms with Crippen molar-refractivity contribution in [3.63, 3.8) is 0 Å². The zero-order valence-electron chi connectivity index (χ0n) is 84.1. The Kier molecular flexibility index (Phi) is 28.9. The third-order valence-corrected chi connectivity index (χ3v) is 29.8. The molecule has 0 aromatic heterocycles. The maximum absolute atomic E-state index is 6.54. The highest BCUT2D eigenvalue weighted by atomic mass is 16.5. The Hall–Kier alpha value is -10.2. The lowest BCUT2D eigenvalue weighted by molar-refractivity contribution is 0.0319. The van der Waals surface area contributed by atoms with Crippen molar-refractivity contribution in [2.45, 2.75) is 309 Å². The Morgan fingerprint density at radius 1 is 0.224 bits per heavy atom. The molecular weight excluding hydrogens is 1520 g/mol. The normalized spacial score (nSPS) is 15.3. The fourth-order valence-corrected chi connectivity index (χ4v) is 21.5. The van der Waals surface area contributed by atoms with Crippen LogP contribution in [0.3, 0.4) is 0 Å². The van der Waals surface area contributed by atoms with Gasteiger partial charge in [-0.15, -0.1) is 0 Å². The highest BCUT2D eigenvalue weighted by Crippen LogP contribution is 2.55. The van der Waals surface area contributed by atoms with E-state index in [0.29, 0.717) is 19.3 Å². The standard InChI is InChI=1S/C39H48O3.C39H48.C22H28.C21H26O/c1-22-13-31(14-23(2)28(22)7)19-34-37(40-10)35(20-32-15-24(3)29(8)25(4)16-32)39(42-12)36(38(34)41-11)21-33-17-26(5)30(9)27(6)18-33;1-22-13-34(14-23(2)28(22)7)19-37-31(10)38(20-35-15-24(3)29(8)25(4)16-35)33(12)39(32(37)11)21-36-17-26(5)30(9)27(6)18-36;1-14-8-9-18(17(4)10-14)22(7)13-21(5,6)19-11-15(2)16(3)12-20(19)22;1-14-7-9-17(16(3)11-14)21(6)13-20(4,5)18-10-8-15(2)12-19(18)22-21/h13-18H,19-21H2,1-12H3;13-18H,19-21H2,1-12H3;8-12H,13H2,1-7H3;7-12H,13H2,1-6H3. The van der Waals surface area contributed by atoms with Crippen molar-refractivity contribution in [2.75, 3.05) is 21.3 Å². The summed E-state index contributed by atoms with van der Waals surface area (Å²) >= 11 is 0. The number of fused-ring (bicyclic) bond motifs is 2. The van der Waals surface area contributed by atoms with Crippen LogP contribution in [0.1, 0.15) is 305 Å². The van der Waals surface area contributed by atoms with Gasteiger partial charge in [-0.1, -0.05) is 179 Å². The highest BCUT2D eigenvalue weighted by Gasteiger charge is 2.47. The number of methoxy groups -OCH3 is 3. The number of ether oxygens (including phenoxy) is 4. The molecule has 2 unspecified atom stereocenters. The van der Waals surface area contributed by atoms with E-state index in [1.165, 1.54) is 240 Å². The van der Waals surface area contributed by atoms with E-state index in [2.05, 4.69) is 375 Å². The summed E-state index contributed by atoms with van der Waals surface area (Å²) in [4.78, 5) is 0. The summed E-state index contributed by atoms with van der Waals surface area (Å²) < 4.78 is 25.4. The molecule has 14 rings (SSSR count). The maximum Gasteiger partial charge on any atom is 0.133 e. The van der Waals surface area contributed by atoms with Crippen LogP contribution < -0.4 is 18.9 Å². The summed E-state index contributed by atoms with van der Waals surface area (Å²) in [7, 11) is 5.31. The van der Waals surface area contributed by atoms with Crippen molar-refractivity contribution >= 4 is 0 Å². The van der Waals surface area contributed by atoms with Gasteiger partial charge in [0.25, 0.3) is 0 Å². The molecule has 0 spiro atoms. The zero-order chi connectivity index (χ0) is 92.0. The van der Waals surface area contributed by atoms with E-state index in [4.69, 9.17) is 18.9 Å². The maximum atomic E-state index is 6.54. The zero-order valence-corrected chi connectivity index (χ0v) is 84.1. The van der Waals surface area contributed by atoms with E-state index in [1.54, 1.807) is 21.3 Å². The Morgan fingerprint density at radius 2 is 0.464 bits per heavy atom. The number of aryl methyl sites for hydroxylation is 19. The van der Waals surface area contributed by atoms with Gasteiger partial charge in [-0.3, -0.25) is 0 Å². The van der Waals surface area contributed by atoms with E-state index < -0.39 is 0 Å². The first-order chi connectivity index (χ1) is 58.5. The summed E-state index contributed by atoms with van der Waals surface area (Å²) in [6, 6.07) is 53.3. The summed E-state index contributed by atoms with van der Waals surface area (Å²) in [5.41, 5.74) is 61.4. The van der Waals surface area contributed by atoms with E-state index >= 15 is 0 Å². The second kappa shape index (κ2) is 37.8. The molecule has 4 heteroatoms. The Morgan fingerprint density at radius 3 is 0.736 bits per heavy atom. The first kappa shape index (κ1) is 95.5. The third-order valence-electron chi connectivity index (χ3n) is 29.8. The van der Waals surface area contributed by atoms with E-state index in [1.807, 2.05) is 0 Å². The Labute approximate surface area is 756 Å². The lowest BCUT2D eigenvalue weighted by atomic mass is 9.70. The Bertz CT molecular complexity index is 5570. The lowest BCUT2D eigenvalue weighted by Crippen LogP contribution is -2.42. The molecule has 12 aromatic rings. The number of benzene rings is 12. The largest absolute Gasteiger partial charge is 0.496 e. The molecule has 0 N–H and O–H groups in total. The van der Waals surface area contributed by atoms with Crippen LogP contribution in [0.25, 0.3) is 0 Å². The van der Waals surface area contributed by atoms with Crippen LogP contribution in [-0.2, 0) is 60.4 Å². The van der Waals surface area contributed by atoms with Crippen LogP contribution in [0.4, 0.5) is 0 Å². The van der Waals surface area contributed by atoms with Crippen LogP contribution in [0.2, 0.25) is 0 Å². The van der Waals surface area contributed by atoms with Crippen molar-refractivity contribution in [1.82, 2.24) is 0 Å². The first-order valence-corrected chi connectivity index (χ1v) is 45.9. The average molecular weight is 1670 g/mol. The van der Waals surface area contributed by atoms with E-state index in [9.17, 15) is 0 Å². The predicted octanol–water partition coefficient (Wildman–Crippen LogP) is 30.9. The molecular formula is C121H150O4. The van der Waals surface area contributed by atoms with Gasteiger partial charge in [0.05, 0.1) is 21.3 Å². The fraction of sp³-hybridized carbons (Fsp3) is 0.405. The highest BCUT2D eigenvalue weighted by molar-refractivity contribution is 5.67. The van der Waals surface area contributed by atoms with Crippen molar-refractivity contribution < 1.29 is 18.9 Å². The molecule has 0 saturated heterocycles. The van der Waals surface area contributed by atoms with Crippen LogP contribution in [0, 0.1) is 194 Å². The van der Waals surface area contributed by atoms with Crippen molar-refractivity contribution in [3.05, 3.63) is 390 Å². The van der Waals surface area contributed by atoms with Crippen LogP contribution >= 0.6 is 0 Å². The SMILES string of the molecule is COc1c(Cc2cc(C)c(C)c(C)c2)c(OC)c(Cc2cc(C)c(C)c(C)c2)c(OC)c1Cc1cc(C)c(C)c(C)c1.Cc1cc(Cc2c(C)c(Cc3cc(C)c(C)c(C)c3)c(C)c(Cc3cc(C)c(C)c(C)c3)c2C)cc(C)c1C.Cc1ccc(C2(C)CC(C)(C)c3cc(C)c(C)cc32)c(C)c1.Cc1ccc(C2(C)CC(C)(C)c3ccc(C)cc3O2)c(C)c1. The fourth-order valence-electron chi connectivity index (χ4n) is 21.5. The van der Waals surface area contributed by atoms with Gasteiger partial charge in [0, 0.05) is 47.8 Å². The number of hydrogen-bond acceptors (Lipinski definition) is 4. The van der Waals surface area contributed by atoms with Crippen LogP contribution in [-0.4, -0.2) is 21.3 Å². The molecule has 658 valence electrons. The van der Waals surface area contributed by atoms with Gasteiger partial charge in [0.15, 0.2) is 0 Å². The molecule has 2 atom stereocenters. The smallest absolute Gasteiger partial charge is 0.133 e. The lowest BCUT2D eigenvalue weighted by Gasteiger charge is -2.45. The van der Waals surface area contributed by atoms with E-state index in [0.717, 1.165) is 65.4 Å². The van der Waals surface area contributed by atoms with Gasteiger partial charge in [-0.2, -0.15) is 0 Å². The number of hydrogen-bond donors (Lipinski definition) is 0. The molecule has 0 saturated carbocycles. The molecule has 1 aliphatic carbocycles. The summed E-state index contributed by atoms with van der Waals surface area (Å²) in [6.45, 7) is 76.5. The molecule has 1 heterocycles. The second-order valence-electron chi connectivity index (χ2n) is 40.4. The van der Waals surface area contributed by atoms with Crippen LogP contribution in [0.15, 0.2) is 140 Å². The predicted molar refractivity (Wildman–Crippen MR) is 536 cm³/mol. The third kappa shape index (κ3) is 20.1. The Balaban J connectivity index is 0.000000168. The topological polar surface area (TPSA) is 36.9 Å². The summed E-state index contributed by atoms with van der Waals surface area (Å²) in [5, 5.41) is 0. The quantitative estimate of drug-likeness (QED) is 0.0910. The van der Waals surface area contributed by atoms with Gasteiger partial charge >= 0.3 is 0 Å². The minimum absolute atomic E-state index is 0.105. The molecule has 12 aromatic carbocycles. The number of rotatable bonds is 17. The molecule has 0 amide bonds. The van der Waals surface area contributed by atoms with Crippen molar-refractivity contribution in [2.24, 2.45) is 0 Å². The molecule has 1 aliphatic heterocycles. The van der Waals surface area contributed by atoms with Gasteiger partial charge in [0.2, 0.25) is 0 Å². The summed E-state index contributed by atoms with van der Waals surface area (Å²) in [6.07, 6.45) is 7.23. The van der Waals surface area contributed by atoms with Gasteiger partial charge in [-0.05, 0) is 466 Å². The van der Waals surface area contributed by atoms with Crippen LogP contribution in [0.5, 0.6) is 23.0 Å². The monoisotopic (exact) mass is 1670 g/mol. The van der Waals surface area contributed by atoms with Gasteiger partial charge in [0.1, 0.15) is 28.6 Å². The first-order valence-electron chi connectivity index (χ1n) is 45.9. The molecule has 0 radical (unpaired) electrons. The molecule has 0 bridgehead atoms. The second-order valence-corrected chi connectivity index (χ2v) is 40.4. The molecule has 0 fully saturated rings. The van der Waals surface area contributed by atoms with Gasteiger partial charge in [-0.25, -0.2) is 0 Å². The summed E-state index contributed by atoms with van der Waals surface area (Å²) in [5.74, 6) is 3.57. The van der Waals surface area contributed by atoms with Crippen molar-refractivity contribution in [3.8, 4) is 23.0 Å². The average Bonchev–Trinajstić information content (AvgIpc) is 1.58. The minimum Gasteiger partial charge on any atom is -0.496 e.